The van der Waals surface area contributed by atoms with Gasteiger partial charge in [0.25, 0.3) is 5.91 Å². The molecule has 3 aromatic rings. The molecular weight excluding hydrogens is 460 g/mol. The Bertz CT molecular complexity index is 1410. The van der Waals surface area contributed by atoms with Crippen molar-refractivity contribution in [2.45, 2.75) is 51.3 Å². The monoisotopic (exact) mass is 492 g/mol. The second-order valence-electron chi connectivity index (χ2n) is 9.64. The van der Waals surface area contributed by atoms with Crippen LogP contribution >= 0.6 is 0 Å². The number of rotatable bonds is 4. The lowest BCUT2D eigenvalue weighted by Gasteiger charge is -2.27. The molecule has 1 saturated heterocycles. The van der Waals surface area contributed by atoms with Crippen molar-refractivity contribution in [3.05, 3.63) is 70.5 Å². The molecule has 0 atom stereocenters. The molecule has 0 spiro atoms. The fourth-order valence-electron chi connectivity index (χ4n) is 5.21. The van der Waals surface area contributed by atoms with E-state index in [9.17, 15) is 13.2 Å². The standard InChI is InChI=1S/C28H32N2O4S/c1-19-18-24-21(3)25(28(31)29-14-8-5-9-15-29)34-26(24)27(20(19)2)35(32,33)30-16-12-23(13-17-30)22-10-6-4-7-11-22/h4,6-7,10-12,18H,5,8-9,13-17H2,1-3H3. The van der Waals surface area contributed by atoms with Crippen LogP contribution in [0.5, 0.6) is 0 Å². The Balaban J connectivity index is 1.55. The van der Waals surface area contributed by atoms with Gasteiger partial charge in [-0.1, -0.05) is 36.4 Å². The molecule has 3 heterocycles. The third kappa shape index (κ3) is 4.21. The lowest BCUT2D eigenvalue weighted by Crippen LogP contribution is -2.35. The zero-order chi connectivity index (χ0) is 24.7. The van der Waals surface area contributed by atoms with Crippen LogP contribution in [0.25, 0.3) is 16.5 Å². The van der Waals surface area contributed by atoms with Crippen molar-refractivity contribution >= 4 is 32.5 Å². The average Bonchev–Trinajstić information content (AvgIpc) is 3.20. The minimum atomic E-state index is -3.83. The number of piperidine rings is 1. The SMILES string of the molecule is Cc1cc2c(C)c(C(=O)N3CCCCC3)oc2c(S(=O)(=O)N2CC=C(c3ccccc3)CC2)c1C. The van der Waals surface area contributed by atoms with Crippen LogP contribution in [0.3, 0.4) is 0 Å². The number of carbonyl (C=O) groups is 1. The number of sulfonamides is 1. The van der Waals surface area contributed by atoms with Crippen molar-refractivity contribution in [3.63, 3.8) is 0 Å². The second kappa shape index (κ2) is 9.28. The van der Waals surface area contributed by atoms with Crippen molar-refractivity contribution in [3.8, 4) is 0 Å². The summed E-state index contributed by atoms with van der Waals surface area (Å²) in [6.07, 6.45) is 5.73. The summed E-state index contributed by atoms with van der Waals surface area (Å²) in [5, 5.41) is 0.699. The minimum absolute atomic E-state index is 0.148. The molecule has 0 unspecified atom stereocenters. The molecule has 6 nitrogen and oxygen atoms in total. The van der Waals surface area contributed by atoms with E-state index in [1.807, 2.05) is 56.0 Å². The van der Waals surface area contributed by atoms with E-state index in [4.69, 9.17) is 4.42 Å². The second-order valence-corrected chi connectivity index (χ2v) is 11.5. The van der Waals surface area contributed by atoms with Gasteiger partial charge < -0.3 is 9.32 Å². The summed E-state index contributed by atoms with van der Waals surface area (Å²) >= 11 is 0. The summed E-state index contributed by atoms with van der Waals surface area (Å²) in [5.74, 6) is 0.110. The van der Waals surface area contributed by atoms with E-state index in [1.165, 1.54) is 4.31 Å². The predicted molar refractivity (Wildman–Crippen MR) is 138 cm³/mol. The molecule has 0 saturated carbocycles. The number of hydrogen-bond acceptors (Lipinski definition) is 4. The molecule has 2 aliphatic rings. The summed E-state index contributed by atoms with van der Waals surface area (Å²) in [5.41, 5.74) is 4.83. The van der Waals surface area contributed by atoms with Gasteiger partial charge in [0.05, 0.1) is 0 Å². The molecular formula is C28H32N2O4S. The molecule has 5 rings (SSSR count). The van der Waals surface area contributed by atoms with Gasteiger partial charge in [0.1, 0.15) is 4.90 Å². The van der Waals surface area contributed by atoms with Crippen LogP contribution in [0, 0.1) is 20.8 Å². The van der Waals surface area contributed by atoms with Crippen LogP contribution < -0.4 is 0 Å². The van der Waals surface area contributed by atoms with Gasteiger partial charge >= 0.3 is 0 Å². The highest BCUT2D eigenvalue weighted by atomic mass is 32.2. The predicted octanol–water partition coefficient (Wildman–Crippen LogP) is 5.46. The number of hydrogen-bond donors (Lipinski definition) is 0. The van der Waals surface area contributed by atoms with Gasteiger partial charge in [0.15, 0.2) is 11.3 Å². The summed E-state index contributed by atoms with van der Waals surface area (Å²) < 4.78 is 35.6. The molecule has 0 N–H and O–H groups in total. The largest absolute Gasteiger partial charge is 0.449 e. The van der Waals surface area contributed by atoms with Crippen LogP contribution in [-0.2, 0) is 10.0 Å². The molecule has 1 amide bonds. The van der Waals surface area contributed by atoms with Crippen LogP contribution in [0.1, 0.15) is 58.5 Å². The topological polar surface area (TPSA) is 70.8 Å². The molecule has 0 radical (unpaired) electrons. The Morgan fingerprint density at radius 1 is 0.943 bits per heavy atom. The molecule has 184 valence electrons. The highest BCUT2D eigenvalue weighted by Gasteiger charge is 2.34. The molecule has 7 heteroatoms. The van der Waals surface area contributed by atoms with Gasteiger partial charge in [-0.15, -0.1) is 0 Å². The fraction of sp³-hybridized carbons (Fsp3) is 0.393. The van der Waals surface area contributed by atoms with Crippen molar-refractivity contribution in [1.82, 2.24) is 9.21 Å². The Labute approximate surface area is 207 Å². The molecule has 1 aromatic heterocycles. The number of amides is 1. The van der Waals surface area contributed by atoms with Gasteiger partial charge in [0.2, 0.25) is 10.0 Å². The van der Waals surface area contributed by atoms with Gasteiger partial charge in [-0.2, -0.15) is 4.31 Å². The zero-order valence-electron chi connectivity index (χ0n) is 20.6. The molecule has 1 fully saturated rings. The molecule has 35 heavy (non-hydrogen) atoms. The van der Waals surface area contributed by atoms with E-state index in [0.29, 0.717) is 54.7 Å². The van der Waals surface area contributed by atoms with Crippen molar-refractivity contribution in [2.24, 2.45) is 0 Å². The van der Waals surface area contributed by atoms with Crippen molar-refractivity contribution < 1.29 is 17.6 Å². The van der Waals surface area contributed by atoms with E-state index in [0.717, 1.165) is 36.0 Å². The van der Waals surface area contributed by atoms with Gasteiger partial charge in [-0.05, 0) is 74.8 Å². The quantitative estimate of drug-likeness (QED) is 0.485. The summed E-state index contributed by atoms with van der Waals surface area (Å²) in [7, 11) is -3.83. The highest BCUT2D eigenvalue weighted by Crippen LogP contribution is 2.37. The number of likely N-dealkylation sites (tertiary alicyclic amines) is 1. The van der Waals surface area contributed by atoms with Gasteiger partial charge in [-0.3, -0.25) is 4.79 Å². The number of nitrogens with zero attached hydrogens (tertiary/aromatic N) is 2. The lowest BCUT2D eigenvalue weighted by molar-refractivity contribution is 0.0693. The fourth-order valence-corrected chi connectivity index (χ4v) is 7.00. The van der Waals surface area contributed by atoms with Crippen molar-refractivity contribution in [1.29, 1.82) is 0 Å². The van der Waals surface area contributed by atoms with E-state index >= 15 is 0 Å². The van der Waals surface area contributed by atoms with E-state index in [2.05, 4.69) is 12.1 Å². The highest BCUT2D eigenvalue weighted by molar-refractivity contribution is 7.89. The number of carbonyl (C=O) groups excluding carboxylic acids is 1. The number of benzene rings is 2. The molecule has 2 aliphatic heterocycles. The molecule has 0 aliphatic carbocycles. The average molecular weight is 493 g/mol. The van der Waals surface area contributed by atoms with E-state index in [-0.39, 0.29) is 16.6 Å². The first-order chi connectivity index (χ1) is 16.8. The summed E-state index contributed by atoms with van der Waals surface area (Å²) in [6, 6.07) is 12.0. The van der Waals surface area contributed by atoms with Crippen molar-refractivity contribution in [2.75, 3.05) is 26.2 Å². The third-order valence-corrected chi connectivity index (χ3v) is 9.46. The molecule has 2 aromatic carbocycles. The normalized spacial score (nSPS) is 17.6. The maximum Gasteiger partial charge on any atom is 0.289 e. The Morgan fingerprint density at radius 2 is 1.66 bits per heavy atom. The summed E-state index contributed by atoms with van der Waals surface area (Å²) in [6.45, 7) is 7.71. The minimum Gasteiger partial charge on any atom is -0.449 e. The van der Waals surface area contributed by atoms with E-state index < -0.39 is 10.0 Å². The lowest BCUT2D eigenvalue weighted by atomic mass is 10.0. The van der Waals surface area contributed by atoms with Crippen LogP contribution in [0.4, 0.5) is 0 Å². The smallest absolute Gasteiger partial charge is 0.289 e. The number of fused-ring (bicyclic) bond motifs is 1. The first kappa shape index (κ1) is 23.8. The molecule has 0 bridgehead atoms. The van der Waals surface area contributed by atoms with E-state index in [1.54, 1.807) is 0 Å². The first-order valence-electron chi connectivity index (χ1n) is 12.4. The maximum atomic E-state index is 14.0. The van der Waals surface area contributed by atoms with Crippen LogP contribution in [-0.4, -0.2) is 49.7 Å². The van der Waals surface area contributed by atoms with Gasteiger partial charge in [0, 0.05) is 37.1 Å². The summed E-state index contributed by atoms with van der Waals surface area (Å²) in [4.78, 5) is 15.3. The Morgan fingerprint density at radius 3 is 2.31 bits per heavy atom. The zero-order valence-corrected chi connectivity index (χ0v) is 21.5. The number of aryl methyl sites for hydroxylation is 2. The number of furan rings is 1. The Kier molecular flexibility index (Phi) is 6.32. The van der Waals surface area contributed by atoms with Crippen LogP contribution in [0.15, 0.2) is 51.8 Å². The Hall–Kier alpha value is -2.90. The first-order valence-corrected chi connectivity index (χ1v) is 13.8. The van der Waals surface area contributed by atoms with Gasteiger partial charge in [-0.25, -0.2) is 8.42 Å². The van der Waals surface area contributed by atoms with Crippen LogP contribution in [0.2, 0.25) is 0 Å². The maximum absolute atomic E-state index is 14.0. The third-order valence-electron chi connectivity index (χ3n) is 7.44.